The molecule has 2 heterocycles. The first kappa shape index (κ1) is 20.1. The van der Waals surface area contributed by atoms with Crippen molar-refractivity contribution in [3.63, 3.8) is 0 Å². The molecule has 1 atom stereocenters. The molecule has 0 radical (unpaired) electrons. The standard InChI is InChI=1S/C27H25N3O2/c1-3-32-23-12-8-7-11-21(23)22-17-24(31)28-27-25(22)26(19-9-5-4-6-10-19)29-30(27)20-15-13-18(2)14-16-20/h4-16,22H,3,17H2,1-2H3,(H,28,31). The Hall–Kier alpha value is -3.86. The number of nitrogens with zero attached hydrogens (tertiary/aromatic N) is 2. The van der Waals surface area contributed by atoms with E-state index >= 15 is 0 Å². The number of rotatable bonds is 5. The van der Waals surface area contributed by atoms with Gasteiger partial charge >= 0.3 is 0 Å². The van der Waals surface area contributed by atoms with E-state index in [1.165, 1.54) is 5.56 Å². The minimum Gasteiger partial charge on any atom is -0.494 e. The Morgan fingerprint density at radius 1 is 1.00 bits per heavy atom. The molecule has 0 fully saturated rings. The van der Waals surface area contributed by atoms with Gasteiger partial charge in [0, 0.05) is 29.0 Å². The van der Waals surface area contributed by atoms with Crippen LogP contribution in [-0.4, -0.2) is 22.3 Å². The van der Waals surface area contributed by atoms with Gasteiger partial charge in [-0.3, -0.25) is 4.79 Å². The van der Waals surface area contributed by atoms with Crippen molar-refractivity contribution >= 4 is 11.7 Å². The van der Waals surface area contributed by atoms with Gasteiger partial charge in [0.25, 0.3) is 0 Å². The Bertz CT molecular complexity index is 1260. The SMILES string of the molecule is CCOc1ccccc1C1CC(=O)Nc2c1c(-c1ccccc1)nn2-c1ccc(C)cc1. The fourth-order valence-corrected chi connectivity index (χ4v) is 4.35. The number of fused-ring (bicyclic) bond motifs is 1. The van der Waals surface area contributed by atoms with E-state index in [1.807, 2.05) is 60.1 Å². The summed E-state index contributed by atoms with van der Waals surface area (Å²) in [5, 5.41) is 8.11. The molecule has 4 aromatic rings. The van der Waals surface area contributed by atoms with E-state index in [9.17, 15) is 4.79 Å². The molecule has 1 N–H and O–H groups in total. The predicted molar refractivity (Wildman–Crippen MR) is 126 cm³/mol. The van der Waals surface area contributed by atoms with Crippen LogP contribution in [0.25, 0.3) is 16.9 Å². The van der Waals surface area contributed by atoms with Gasteiger partial charge in [-0.25, -0.2) is 4.68 Å². The number of hydrogen-bond donors (Lipinski definition) is 1. The maximum absolute atomic E-state index is 12.9. The monoisotopic (exact) mass is 423 g/mol. The average molecular weight is 424 g/mol. The molecular weight excluding hydrogens is 398 g/mol. The summed E-state index contributed by atoms with van der Waals surface area (Å²) in [5.74, 6) is 1.35. The minimum absolute atomic E-state index is 0.0262. The van der Waals surface area contributed by atoms with Gasteiger partial charge in [-0.15, -0.1) is 0 Å². The van der Waals surface area contributed by atoms with Crippen LogP contribution < -0.4 is 10.1 Å². The number of carbonyl (C=O) groups is 1. The van der Waals surface area contributed by atoms with Gasteiger partial charge in [0.05, 0.1) is 18.0 Å². The van der Waals surface area contributed by atoms with Gasteiger partial charge in [0.1, 0.15) is 11.6 Å². The third kappa shape index (κ3) is 3.56. The molecule has 5 nitrogen and oxygen atoms in total. The van der Waals surface area contributed by atoms with Crippen molar-refractivity contribution in [1.29, 1.82) is 0 Å². The van der Waals surface area contributed by atoms with Crippen LogP contribution in [-0.2, 0) is 4.79 Å². The zero-order chi connectivity index (χ0) is 22.1. The Morgan fingerprint density at radius 3 is 2.47 bits per heavy atom. The number of amides is 1. The summed E-state index contributed by atoms with van der Waals surface area (Å²) in [5.41, 5.74) is 6.00. The molecule has 1 aromatic heterocycles. The molecule has 1 unspecified atom stereocenters. The molecular formula is C27H25N3O2. The molecule has 0 saturated carbocycles. The number of para-hydroxylation sites is 1. The van der Waals surface area contributed by atoms with Crippen molar-refractivity contribution in [3.8, 4) is 22.7 Å². The molecule has 0 spiro atoms. The Balaban J connectivity index is 1.76. The van der Waals surface area contributed by atoms with Crippen molar-refractivity contribution in [3.05, 3.63) is 95.6 Å². The molecule has 5 heteroatoms. The van der Waals surface area contributed by atoms with Gasteiger partial charge in [-0.05, 0) is 32.0 Å². The number of benzene rings is 3. The number of carbonyl (C=O) groups excluding carboxylic acids is 1. The van der Waals surface area contributed by atoms with E-state index in [-0.39, 0.29) is 11.8 Å². The molecule has 160 valence electrons. The average Bonchev–Trinajstić information content (AvgIpc) is 3.20. The number of anilines is 1. The van der Waals surface area contributed by atoms with Crippen LogP contribution in [0, 0.1) is 6.92 Å². The molecule has 1 aliphatic heterocycles. The lowest BCUT2D eigenvalue weighted by molar-refractivity contribution is -0.116. The van der Waals surface area contributed by atoms with Crippen molar-refractivity contribution in [2.45, 2.75) is 26.2 Å². The van der Waals surface area contributed by atoms with Crippen LogP contribution in [0.3, 0.4) is 0 Å². The molecule has 0 aliphatic carbocycles. The van der Waals surface area contributed by atoms with Crippen LogP contribution in [0.1, 0.15) is 36.0 Å². The fourth-order valence-electron chi connectivity index (χ4n) is 4.35. The molecule has 32 heavy (non-hydrogen) atoms. The van der Waals surface area contributed by atoms with E-state index in [0.717, 1.165) is 39.6 Å². The van der Waals surface area contributed by atoms with E-state index in [0.29, 0.717) is 13.0 Å². The number of aromatic nitrogens is 2. The first-order valence-corrected chi connectivity index (χ1v) is 10.9. The largest absolute Gasteiger partial charge is 0.494 e. The van der Waals surface area contributed by atoms with Crippen LogP contribution in [0.2, 0.25) is 0 Å². The second-order valence-electron chi connectivity index (χ2n) is 8.00. The summed E-state index contributed by atoms with van der Waals surface area (Å²) in [6.45, 7) is 4.60. The van der Waals surface area contributed by atoms with Gasteiger partial charge < -0.3 is 10.1 Å². The summed E-state index contributed by atoms with van der Waals surface area (Å²) >= 11 is 0. The predicted octanol–water partition coefficient (Wildman–Crippen LogP) is 5.72. The lowest BCUT2D eigenvalue weighted by Gasteiger charge is -2.26. The highest BCUT2D eigenvalue weighted by molar-refractivity contribution is 5.96. The normalized spacial score (nSPS) is 15.2. The number of ether oxygens (including phenoxy) is 1. The summed E-state index contributed by atoms with van der Waals surface area (Å²) in [4.78, 5) is 12.9. The fraction of sp³-hybridized carbons (Fsp3) is 0.185. The van der Waals surface area contributed by atoms with Gasteiger partial charge in [-0.1, -0.05) is 66.2 Å². The van der Waals surface area contributed by atoms with Crippen LogP contribution >= 0.6 is 0 Å². The summed E-state index contributed by atoms with van der Waals surface area (Å²) in [6.07, 6.45) is 0.344. The number of nitrogens with one attached hydrogen (secondary N) is 1. The molecule has 1 amide bonds. The Labute approximate surface area is 187 Å². The van der Waals surface area contributed by atoms with Crippen molar-refractivity contribution in [2.75, 3.05) is 11.9 Å². The lowest BCUT2D eigenvalue weighted by Crippen LogP contribution is -2.25. The second-order valence-corrected chi connectivity index (χ2v) is 8.00. The van der Waals surface area contributed by atoms with Crippen molar-refractivity contribution < 1.29 is 9.53 Å². The van der Waals surface area contributed by atoms with E-state index in [2.05, 4.69) is 42.6 Å². The van der Waals surface area contributed by atoms with Gasteiger partial charge in [0.2, 0.25) is 5.91 Å². The Morgan fingerprint density at radius 2 is 1.72 bits per heavy atom. The summed E-state index contributed by atoms with van der Waals surface area (Å²) < 4.78 is 7.78. The maximum atomic E-state index is 12.9. The van der Waals surface area contributed by atoms with Crippen molar-refractivity contribution in [1.82, 2.24) is 9.78 Å². The smallest absolute Gasteiger partial charge is 0.226 e. The van der Waals surface area contributed by atoms with Crippen LogP contribution in [0.4, 0.5) is 5.82 Å². The Kier molecular flexibility index (Phi) is 5.23. The third-order valence-corrected chi connectivity index (χ3v) is 5.84. The second kappa shape index (κ2) is 8.35. The minimum atomic E-state index is -0.157. The molecule has 3 aromatic carbocycles. The van der Waals surface area contributed by atoms with Gasteiger partial charge in [-0.2, -0.15) is 5.10 Å². The zero-order valence-corrected chi connectivity index (χ0v) is 18.2. The van der Waals surface area contributed by atoms with Crippen molar-refractivity contribution in [2.24, 2.45) is 0 Å². The molecule has 5 rings (SSSR count). The summed E-state index contributed by atoms with van der Waals surface area (Å²) in [7, 11) is 0. The highest BCUT2D eigenvalue weighted by atomic mass is 16.5. The first-order valence-electron chi connectivity index (χ1n) is 10.9. The van der Waals surface area contributed by atoms with E-state index in [1.54, 1.807) is 0 Å². The first-order chi connectivity index (χ1) is 15.7. The van der Waals surface area contributed by atoms with E-state index in [4.69, 9.17) is 9.84 Å². The molecule has 1 aliphatic rings. The highest BCUT2D eigenvalue weighted by Gasteiger charge is 2.35. The summed E-state index contributed by atoms with van der Waals surface area (Å²) in [6, 6.07) is 26.3. The van der Waals surface area contributed by atoms with E-state index < -0.39 is 0 Å². The lowest BCUT2D eigenvalue weighted by atomic mass is 9.84. The third-order valence-electron chi connectivity index (χ3n) is 5.84. The van der Waals surface area contributed by atoms with Crippen LogP contribution in [0.5, 0.6) is 5.75 Å². The molecule has 0 bridgehead atoms. The topological polar surface area (TPSA) is 56.1 Å². The van der Waals surface area contributed by atoms with Crippen LogP contribution in [0.15, 0.2) is 78.9 Å². The van der Waals surface area contributed by atoms with Gasteiger partial charge in [0.15, 0.2) is 0 Å². The highest BCUT2D eigenvalue weighted by Crippen LogP contribution is 2.46. The number of hydrogen-bond acceptors (Lipinski definition) is 3. The molecule has 0 saturated heterocycles. The zero-order valence-electron chi connectivity index (χ0n) is 18.2. The quantitative estimate of drug-likeness (QED) is 0.447. The maximum Gasteiger partial charge on any atom is 0.226 e. The number of aryl methyl sites for hydroxylation is 1.